The summed E-state index contributed by atoms with van der Waals surface area (Å²) >= 11 is 0. The number of carbonyl (C=O) groups excluding carboxylic acids is 5. The standard InChI is InChI=1S/C15H24N2O5.C13H22N2O3.2CH4/c1-15(2,3)22-14(20)17-7-9-6-11(18)12(13(19)21-5)10(8-17)16(9)4;1-13(2,3)18-12(17)15-7-9-5-11(16)6-10(8-15)14(9)4;;/h9-10,12H,6-8H2,1-5H3;9-10H,5-8H2,1-4H3;2*1H4. The molecule has 4 aliphatic heterocycles. The Morgan fingerprint density at radius 1 is 0.690 bits per heavy atom. The van der Waals surface area contributed by atoms with Gasteiger partial charge >= 0.3 is 18.2 Å². The molecule has 0 aromatic heterocycles. The second kappa shape index (κ2) is 14.2. The summed E-state index contributed by atoms with van der Waals surface area (Å²) in [5.41, 5.74) is -1.04. The maximum atomic E-state index is 12.3. The fourth-order valence-electron chi connectivity index (χ4n) is 5.74. The number of nitrogens with zero attached hydrogens (tertiary/aromatic N) is 4. The van der Waals surface area contributed by atoms with Crippen molar-refractivity contribution >= 4 is 29.7 Å². The van der Waals surface area contributed by atoms with E-state index in [-0.39, 0.29) is 63.9 Å². The number of likely N-dealkylation sites (N-methyl/N-ethyl adjacent to an activating group) is 2. The van der Waals surface area contributed by atoms with Gasteiger partial charge in [-0.15, -0.1) is 0 Å². The lowest BCUT2D eigenvalue weighted by Crippen LogP contribution is -2.67. The smallest absolute Gasteiger partial charge is 0.410 e. The molecule has 4 rings (SSSR count). The van der Waals surface area contributed by atoms with E-state index in [0.717, 1.165) is 0 Å². The minimum atomic E-state index is -0.837. The van der Waals surface area contributed by atoms with Gasteiger partial charge in [-0.05, 0) is 55.6 Å². The first-order valence-electron chi connectivity index (χ1n) is 13.9. The first-order chi connectivity index (χ1) is 18.4. The number of hydrogen-bond donors (Lipinski definition) is 0. The van der Waals surface area contributed by atoms with Gasteiger partial charge in [-0.3, -0.25) is 24.2 Å². The number of fused-ring (bicyclic) bond motifs is 4. The third-order valence-corrected chi connectivity index (χ3v) is 7.81. The van der Waals surface area contributed by atoms with Crippen LogP contribution >= 0.6 is 0 Å². The van der Waals surface area contributed by atoms with Crippen molar-refractivity contribution in [2.75, 3.05) is 47.4 Å². The predicted octanol–water partition coefficient (Wildman–Crippen LogP) is 3.21. The van der Waals surface area contributed by atoms with Gasteiger partial charge in [0.25, 0.3) is 0 Å². The average Bonchev–Trinajstić information content (AvgIpc) is 2.79. The largest absolute Gasteiger partial charge is 0.468 e. The lowest BCUT2D eigenvalue weighted by molar-refractivity contribution is -0.159. The van der Waals surface area contributed by atoms with E-state index in [1.807, 2.05) is 60.5 Å². The van der Waals surface area contributed by atoms with Crippen LogP contribution in [-0.4, -0.2) is 132 Å². The number of carbonyl (C=O) groups is 5. The molecule has 0 aromatic rings. The Balaban J connectivity index is 0.000000408. The second-order valence-electron chi connectivity index (χ2n) is 13.2. The Hall–Kier alpha value is -2.73. The molecule has 4 bridgehead atoms. The normalized spacial score (nSPS) is 27.9. The minimum absolute atomic E-state index is 0. The lowest BCUT2D eigenvalue weighted by atomic mass is 9.82. The van der Waals surface area contributed by atoms with Gasteiger partial charge in [-0.2, -0.15) is 0 Å². The van der Waals surface area contributed by atoms with Gasteiger partial charge < -0.3 is 24.0 Å². The summed E-state index contributed by atoms with van der Waals surface area (Å²) in [6, 6.07) is -0.144. The highest BCUT2D eigenvalue weighted by molar-refractivity contribution is 6.01. The first kappa shape index (κ1) is 37.3. The van der Waals surface area contributed by atoms with Crippen molar-refractivity contribution in [3.05, 3.63) is 0 Å². The van der Waals surface area contributed by atoms with Gasteiger partial charge in [0, 0.05) is 69.6 Å². The Morgan fingerprint density at radius 2 is 1.10 bits per heavy atom. The van der Waals surface area contributed by atoms with Crippen molar-refractivity contribution in [3.63, 3.8) is 0 Å². The van der Waals surface area contributed by atoms with Crippen LogP contribution in [0.3, 0.4) is 0 Å². The SMILES string of the molecule is C.C.CN1C2CC(=O)CC1CN(C(=O)OC(C)(C)C)C2.COC(=O)C1C(=O)CC2CN(C(=O)OC(C)(C)C)CC1N2C. The summed E-state index contributed by atoms with van der Waals surface area (Å²) in [6.45, 7) is 12.9. The minimum Gasteiger partial charge on any atom is -0.468 e. The molecule has 4 saturated heterocycles. The zero-order chi connectivity index (χ0) is 30.2. The van der Waals surface area contributed by atoms with E-state index in [9.17, 15) is 24.0 Å². The number of piperidine rings is 2. The molecule has 242 valence electrons. The molecule has 42 heavy (non-hydrogen) atoms. The first-order valence-corrected chi connectivity index (χ1v) is 13.9. The Bertz CT molecular complexity index is 986. The van der Waals surface area contributed by atoms with Crippen LogP contribution in [0, 0.1) is 5.92 Å². The monoisotopic (exact) mass is 598 g/mol. The third-order valence-electron chi connectivity index (χ3n) is 7.81. The summed E-state index contributed by atoms with van der Waals surface area (Å²) in [7, 11) is 5.19. The van der Waals surface area contributed by atoms with E-state index in [0.29, 0.717) is 38.3 Å². The Morgan fingerprint density at radius 3 is 1.50 bits per heavy atom. The van der Waals surface area contributed by atoms with E-state index in [1.54, 1.807) is 9.80 Å². The third kappa shape index (κ3) is 9.13. The molecule has 12 heteroatoms. The van der Waals surface area contributed by atoms with Crippen LogP contribution in [0.2, 0.25) is 0 Å². The highest BCUT2D eigenvalue weighted by Crippen LogP contribution is 2.31. The maximum Gasteiger partial charge on any atom is 0.410 e. The predicted molar refractivity (Wildman–Crippen MR) is 159 cm³/mol. The Labute approximate surface area is 252 Å². The highest BCUT2D eigenvalue weighted by atomic mass is 16.6. The van der Waals surface area contributed by atoms with Gasteiger partial charge in [-0.25, -0.2) is 9.59 Å². The van der Waals surface area contributed by atoms with E-state index in [1.165, 1.54) is 7.11 Å². The van der Waals surface area contributed by atoms with Gasteiger partial charge in [0.2, 0.25) is 0 Å². The summed E-state index contributed by atoms with van der Waals surface area (Å²) in [5.74, 6) is -1.17. The van der Waals surface area contributed by atoms with Crippen LogP contribution in [0.15, 0.2) is 0 Å². The molecule has 0 saturated carbocycles. The number of likely N-dealkylation sites (tertiary alicyclic amines) is 2. The number of ether oxygens (including phenoxy) is 3. The van der Waals surface area contributed by atoms with Crippen molar-refractivity contribution < 1.29 is 38.2 Å². The molecule has 5 atom stereocenters. The molecular weight excluding hydrogens is 544 g/mol. The highest BCUT2D eigenvalue weighted by Gasteiger charge is 2.50. The van der Waals surface area contributed by atoms with Crippen molar-refractivity contribution in [2.45, 2.75) is 111 Å². The van der Waals surface area contributed by atoms with Crippen molar-refractivity contribution in [1.29, 1.82) is 0 Å². The number of ketones is 2. The molecular formula is C30H54N4O8. The van der Waals surface area contributed by atoms with E-state index in [2.05, 4.69) is 4.90 Å². The number of hydrogen-bond acceptors (Lipinski definition) is 10. The van der Waals surface area contributed by atoms with Gasteiger partial charge in [-0.1, -0.05) is 14.9 Å². The number of Topliss-reactive ketones (excluding diaryl/α,β-unsaturated/α-hetero) is 2. The van der Waals surface area contributed by atoms with Gasteiger partial charge in [0.15, 0.2) is 0 Å². The molecule has 0 spiro atoms. The number of piperazine rings is 2. The lowest BCUT2D eigenvalue weighted by Gasteiger charge is -2.49. The number of esters is 1. The topological polar surface area (TPSA) is 126 Å². The molecule has 0 radical (unpaired) electrons. The zero-order valence-corrected chi connectivity index (χ0v) is 25.4. The molecule has 0 aromatic carbocycles. The maximum absolute atomic E-state index is 12.3. The molecule has 4 heterocycles. The fraction of sp³-hybridized carbons (Fsp3) is 0.833. The van der Waals surface area contributed by atoms with Crippen LogP contribution in [-0.2, 0) is 28.6 Å². The molecule has 4 fully saturated rings. The molecule has 5 unspecified atom stereocenters. The number of rotatable bonds is 1. The van der Waals surface area contributed by atoms with E-state index < -0.39 is 29.2 Å². The molecule has 2 amide bonds. The Kier molecular flexibility index (Phi) is 12.6. The van der Waals surface area contributed by atoms with Crippen LogP contribution in [0.5, 0.6) is 0 Å². The average molecular weight is 599 g/mol. The zero-order valence-electron chi connectivity index (χ0n) is 25.4. The number of amides is 2. The van der Waals surface area contributed by atoms with Crippen molar-refractivity contribution in [3.8, 4) is 0 Å². The van der Waals surface area contributed by atoms with Crippen LogP contribution < -0.4 is 0 Å². The van der Waals surface area contributed by atoms with Crippen LogP contribution in [0.25, 0.3) is 0 Å². The summed E-state index contributed by atoms with van der Waals surface area (Å²) in [6.07, 6.45) is 0.665. The van der Waals surface area contributed by atoms with Crippen LogP contribution in [0.4, 0.5) is 9.59 Å². The van der Waals surface area contributed by atoms with Gasteiger partial charge in [0.05, 0.1) is 7.11 Å². The van der Waals surface area contributed by atoms with Crippen LogP contribution in [0.1, 0.15) is 75.7 Å². The quantitative estimate of drug-likeness (QED) is 0.252. The molecule has 12 nitrogen and oxygen atoms in total. The molecule has 0 N–H and O–H groups in total. The summed E-state index contributed by atoms with van der Waals surface area (Å²) in [5, 5.41) is 0. The van der Waals surface area contributed by atoms with Crippen molar-refractivity contribution in [1.82, 2.24) is 19.6 Å². The molecule has 0 aliphatic carbocycles. The van der Waals surface area contributed by atoms with Gasteiger partial charge in [0.1, 0.15) is 28.7 Å². The molecule has 4 aliphatic rings. The summed E-state index contributed by atoms with van der Waals surface area (Å²) < 4.78 is 15.5. The van der Waals surface area contributed by atoms with E-state index in [4.69, 9.17) is 14.2 Å². The summed E-state index contributed by atoms with van der Waals surface area (Å²) in [4.78, 5) is 67.5. The fourth-order valence-corrected chi connectivity index (χ4v) is 5.74. The van der Waals surface area contributed by atoms with E-state index >= 15 is 0 Å². The van der Waals surface area contributed by atoms with Crippen molar-refractivity contribution in [2.24, 2.45) is 5.92 Å². The number of methoxy groups -OCH3 is 1. The second-order valence-corrected chi connectivity index (χ2v) is 13.2.